The highest BCUT2D eigenvalue weighted by Crippen LogP contribution is 2.23. The van der Waals surface area contributed by atoms with E-state index in [2.05, 4.69) is 4.98 Å². The van der Waals surface area contributed by atoms with Gasteiger partial charge < -0.3 is 4.55 Å². The maximum absolute atomic E-state index is 10.8. The molecule has 1 atom stereocenters. The molecule has 2 N–H and O–H groups in total. The monoisotopic (exact) mass is 220 g/mol. The first-order valence-electron chi connectivity index (χ1n) is 3.81. The molecule has 1 heterocycles. The fourth-order valence-electron chi connectivity index (χ4n) is 1.04. The van der Waals surface area contributed by atoms with Crippen molar-refractivity contribution in [1.82, 2.24) is 4.98 Å². The van der Waals surface area contributed by atoms with Gasteiger partial charge in [-0.25, -0.2) is 14.0 Å². The van der Waals surface area contributed by atoms with E-state index in [1.54, 1.807) is 5.51 Å². The molecule has 0 aromatic carbocycles. The minimum atomic E-state index is -3.43. The summed E-state index contributed by atoms with van der Waals surface area (Å²) in [6.07, 6.45) is 0. The Labute approximate surface area is 81.8 Å². The minimum Gasteiger partial charge on any atom is -0.300 e. The Morgan fingerprint density at radius 1 is 1.77 bits per heavy atom. The third-order valence-electron chi connectivity index (χ3n) is 1.55. The van der Waals surface area contributed by atoms with E-state index in [-0.39, 0.29) is 11.7 Å². The second-order valence-corrected chi connectivity index (χ2v) is 5.61. The quantitative estimate of drug-likeness (QED) is 0.820. The molecule has 6 heteroatoms. The Kier molecular flexibility index (Phi) is 3.05. The van der Waals surface area contributed by atoms with Crippen LogP contribution >= 0.6 is 11.3 Å². The van der Waals surface area contributed by atoms with Crippen molar-refractivity contribution in [2.45, 2.75) is 25.5 Å². The topological polar surface area (TPSA) is 74.0 Å². The highest BCUT2D eigenvalue weighted by molar-refractivity contribution is 7.86. The first-order chi connectivity index (χ1) is 5.90. The molecule has 13 heavy (non-hydrogen) atoms. The fourth-order valence-corrected chi connectivity index (χ4v) is 2.99. The molecular weight excluding hydrogens is 208 g/mol. The Morgan fingerprint density at radius 2 is 2.38 bits per heavy atom. The average Bonchev–Trinajstić information content (AvgIpc) is 2.31. The highest BCUT2D eigenvalue weighted by Gasteiger charge is 2.13. The maximum atomic E-state index is 10.8. The van der Waals surface area contributed by atoms with Crippen LogP contribution in [-0.4, -0.2) is 13.7 Å². The Bertz CT molecular complexity index is 381. The molecule has 4 nitrogen and oxygen atoms in total. The van der Waals surface area contributed by atoms with Crippen molar-refractivity contribution >= 4 is 21.3 Å². The van der Waals surface area contributed by atoms with Gasteiger partial charge in [0.15, 0.2) is 10.0 Å². The lowest BCUT2D eigenvalue weighted by Gasteiger charge is -2.04. The minimum absolute atomic E-state index is 0.106. The Morgan fingerprint density at radius 3 is 2.85 bits per heavy atom. The van der Waals surface area contributed by atoms with Gasteiger partial charge in [0.25, 0.3) is 0 Å². The molecule has 1 rings (SSSR count). The SMILES string of the molecule is CC(C)c1ncsc1CS(=N)(=O)O. The van der Waals surface area contributed by atoms with Crippen molar-refractivity contribution in [3.8, 4) is 0 Å². The number of thiazole rings is 1. The van der Waals surface area contributed by atoms with Crippen molar-refractivity contribution in [3.05, 3.63) is 16.1 Å². The van der Waals surface area contributed by atoms with Gasteiger partial charge in [0, 0.05) is 4.88 Å². The van der Waals surface area contributed by atoms with E-state index in [0.29, 0.717) is 0 Å². The fraction of sp³-hybridized carbons (Fsp3) is 0.571. The van der Waals surface area contributed by atoms with Gasteiger partial charge in [0.2, 0.25) is 0 Å². The standard InChI is InChI=1S/C7H12N2O2S2/c1-5(2)7-6(12-4-9-7)3-13(8,10)11/h4-5H,3H2,1-2H3,(H2,8,10,11). The average molecular weight is 220 g/mol. The first-order valence-corrected chi connectivity index (χ1v) is 6.37. The summed E-state index contributed by atoms with van der Waals surface area (Å²) in [6.45, 7) is 3.95. The van der Waals surface area contributed by atoms with Crippen LogP contribution in [-0.2, 0) is 15.8 Å². The van der Waals surface area contributed by atoms with Gasteiger partial charge in [-0.3, -0.25) is 0 Å². The summed E-state index contributed by atoms with van der Waals surface area (Å²) in [7, 11) is -3.43. The zero-order valence-electron chi connectivity index (χ0n) is 7.48. The largest absolute Gasteiger partial charge is 0.300 e. The molecule has 0 aliphatic carbocycles. The third-order valence-corrected chi connectivity index (χ3v) is 3.26. The van der Waals surface area contributed by atoms with Gasteiger partial charge in [0.1, 0.15) is 0 Å². The molecule has 0 saturated carbocycles. The van der Waals surface area contributed by atoms with Gasteiger partial charge >= 0.3 is 0 Å². The van der Waals surface area contributed by atoms with Gasteiger partial charge in [-0.05, 0) is 5.92 Å². The van der Waals surface area contributed by atoms with Gasteiger partial charge in [0.05, 0.1) is 17.0 Å². The van der Waals surface area contributed by atoms with Gasteiger partial charge in [-0.2, -0.15) is 0 Å². The predicted molar refractivity (Wildman–Crippen MR) is 53.4 cm³/mol. The van der Waals surface area contributed by atoms with Crippen LogP contribution in [0.1, 0.15) is 30.3 Å². The van der Waals surface area contributed by atoms with E-state index in [4.69, 9.17) is 9.33 Å². The van der Waals surface area contributed by atoms with E-state index < -0.39 is 10.0 Å². The molecule has 0 saturated heterocycles. The second kappa shape index (κ2) is 3.73. The van der Waals surface area contributed by atoms with Crippen molar-refractivity contribution in [2.24, 2.45) is 0 Å². The maximum Gasteiger partial charge on any atom is 0.163 e. The summed E-state index contributed by atoms with van der Waals surface area (Å²) in [6, 6.07) is 0. The summed E-state index contributed by atoms with van der Waals surface area (Å²) >= 11 is 1.33. The van der Waals surface area contributed by atoms with Gasteiger partial charge in [-0.15, -0.1) is 11.3 Å². The van der Waals surface area contributed by atoms with Crippen LogP contribution in [0.3, 0.4) is 0 Å². The molecular formula is C7H12N2O2S2. The van der Waals surface area contributed by atoms with Gasteiger partial charge in [-0.1, -0.05) is 13.8 Å². The molecule has 1 aromatic heterocycles. The predicted octanol–water partition coefficient (Wildman–Crippen LogP) is 2.29. The molecule has 0 aliphatic heterocycles. The number of nitrogens with zero attached hydrogens (tertiary/aromatic N) is 1. The number of nitrogens with one attached hydrogen (secondary N) is 1. The summed E-state index contributed by atoms with van der Waals surface area (Å²) in [5.74, 6) is 0.133. The molecule has 1 unspecified atom stereocenters. The summed E-state index contributed by atoms with van der Waals surface area (Å²) in [5, 5.41) is 0. The lowest BCUT2D eigenvalue weighted by atomic mass is 10.1. The van der Waals surface area contributed by atoms with Crippen LogP contribution in [0.5, 0.6) is 0 Å². The summed E-state index contributed by atoms with van der Waals surface area (Å²) < 4.78 is 26.6. The Balaban J connectivity index is 2.96. The van der Waals surface area contributed by atoms with Crippen LogP contribution in [0.2, 0.25) is 0 Å². The molecule has 0 fully saturated rings. The molecule has 74 valence electrons. The van der Waals surface area contributed by atoms with E-state index in [1.165, 1.54) is 11.3 Å². The molecule has 0 spiro atoms. The Hall–Kier alpha value is -0.460. The molecule has 0 bridgehead atoms. The lowest BCUT2D eigenvalue weighted by molar-refractivity contribution is 0.547. The van der Waals surface area contributed by atoms with Crippen LogP contribution in [0.15, 0.2) is 5.51 Å². The van der Waals surface area contributed by atoms with Crippen LogP contribution < -0.4 is 0 Å². The normalized spacial score (nSPS) is 16.0. The molecule has 1 aromatic rings. The van der Waals surface area contributed by atoms with Crippen molar-refractivity contribution in [2.75, 3.05) is 0 Å². The van der Waals surface area contributed by atoms with Crippen molar-refractivity contribution in [3.63, 3.8) is 0 Å². The molecule has 0 radical (unpaired) electrons. The molecule has 0 amide bonds. The number of hydrogen-bond donors (Lipinski definition) is 2. The smallest absolute Gasteiger partial charge is 0.163 e. The van der Waals surface area contributed by atoms with E-state index in [1.807, 2.05) is 13.8 Å². The number of aromatic nitrogens is 1. The number of hydrogen-bond acceptors (Lipinski definition) is 4. The number of rotatable bonds is 3. The van der Waals surface area contributed by atoms with Crippen LogP contribution in [0, 0.1) is 4.78 Å². The first kappa shape index (κ1) is 10.6. The van der Waals surface area contributed by atoms with E-state index in [9.17, 15) is 4.21 Å². The zero-order chi connectivity index (χ0) is 10.1. The second-order valence-electron chi connectivity index (χ2n) is 3.10. The van der Waals surface area contributed by atoms with Crippen LogP contribution in [0.25, 0.3) is 0 Å². The van der Waals surface area contributed by atoms with Crippen LogP contribution in [0.4, 0.5) is 0 Å². The molecule has 0 aliphatic rings. The summed E-state index contributed by atoms with van der Waals surface area (Å²) in [5.41, 5.74) is 2.48. The lowest BCUT2D eigenvalue weighted by Crippen LogP contribution is -2.01. The van der Waals surface area contributed by atoms with E-state index in [0.717, 1.165) is 10.6 Å². The van der Waals surface area contributed by atoms with E-state index >= 15 is 0 Å². The van der Waals surface area contributed by atoms with Crippen molar-refractivity contribution in [1.29, 1.82) is 4.78 Å². The summed E-state index contributed by atoms with van der Waals surface area (Å²) in [4.78, 5) is 4.85. The highest BCUT2D eigenvalue weighted by atomic mass is 32.2. The van der Waals surface area contributed by atoms with Crippen molar-refractivity contribution < 1.29 is 8.76 Å². The third kappa shape index (κ3) is 3.06. The zero-order valence-corrected chi connectivity index (χ0v) is 9.11.